The second-order valence-corrected chi connectivity index (χ2v) is 10.3. The summed E-state index contributed by atoms with van der Waals surface area (Å²) in [6, 6.07) is 9.52. The highest BCUT2D eigenvalue weighted by molar-refractivity contribution is 7.89. The summed E-state index contributed by atoms with van der Waals surface area (Å²) in [5.74, 6) is 1.85. The lowest BCUT2D eigenvalue weighted by Crippen LogP contribution is -2.38. The van der Waals surface area contributed by atoms with Gasteiger partial charge in [0.05, 0.1) is 12.0 Å². The summed E-state index contributed by atoms with van der Waals surface area (Å²) in [5.41, 5.74) is 4.45. The highest BCUT2D eigenvalue weighted by atomic mass is 32.2. The van der Waals surface area contributed by atoms with Gasteiger partial charge in [-0.25, -0.2) is 8.42 Å². The third-order valence-electron chi connectivity index (χ3n) is 6.47. The highest BCUT2D eigenvalue weighted by Gasteiger charge is 2.34. The van der Waals surface area contributed by atoms with Crippen molar-refractivity contribution in [3.8, 4) is 17.2 Å². The summed E-state index contributed by atoms with van der Waals surface area (Å²) in [6.45, 7) is 8.57. The fourth-order valence-electron chi connectivity index (χ4n) is 4.33. The van der Waals surface area contributed by atoms with E-state index in [1.807, 2.05) is 58.0 Å². The van der Waals surface area contributed by atoms with Crippen LogP contribution in [-0.4, -0.2) is 43.1 Å². The van der Waals surface area contributed by atoms with Crippen LogP contribution >= 0.6 is 0 Å². The van der Waals surface area contributed by atoms with Crippen molar-refractivity contribution in [2.75, 3.05) is 20.2 Å². The third-order valence-corrected chi connectivity index (χ3v) is 8.65. The van der Waals surface area contributed by atoms with Gasteiger partial charge in [-0.3, -0.25) is 0 Å². The van der Waals surface area contributed by atoms with E-state index in [9.17, 15) is 8.42 Å². The maximum absolute atomic E-state index is 13.5. The first-order valence-electron chi connectivity index (χ1n) is 10.8. The van der Waals surface area contributed by atoms with E-state index in [0.717, 1.165) is 33.6 Å². The Morgan fingerprint density at radius 3 is 2.31 bits per heavy atom. The second kappa shape index (κ2) is 8.67. The van der Waals surface area contributed by atoms with E-state index in [1.54, 1.807) is 11.4 Å². The molecule has 1 aliphatic heterocycles. The van der Waals surface area contributed by atoms with Gasteiger partial charge < -0.3 is 9.26 Å². The molecule has 3 aromatic rings. The van der Waals surface area contributed by atoms with Crippen LogP contribution in [0.15, 0.2) is 39.8 Å². The number of nitrogens with zero attached hydrogens (tertiary/aromatic N) is 3. The van der Waals surface area contributed by atoms with E-state index in [-0.39, 0.29) is 5.92 Å². The van der Waals surface area contributed by atoms with Crippen LogP contribution < -0.4 is 4.74 Å². The summed E-state index contributed by atoms with van der Waals surface area (Å²) in [5, 5.41) is 4.17. The molecule has 0 unspecified atom stereocenters. The number of hydrogen-bond acceptors (Lipinski definition) is 6. The van der Waals surface area contributed by atoms with Crippen LogP contribution in [0.3, 0.4) is 0 Å². The van der Waals surface area contributed by atoms with E-state index < -0.39 is 10.0 Å². The SMILES string of the molecule is COc1cccc(-c2nc(C3CCN(S(=O)(=O)c4c(C)c(C)cc(C)c4C)CC3)no2)c1. The van der Waals surface area contributed by atoms with Crippen LogP contribution in [-0.2, 0) is 10.0 Å². The van der Waals surface area contributed by atoms with Crippen LogP contribution in [0.1, 0.15) is 46.8 Å². The standard InChI is InChI=1S/C24H29N3O4S/c1-15-13-16(2)18(4)22(17(15)3)32(28,29)27-11-9-19(10-12-27)23-25-24(31-26-23)20-7-6-8-21(14-20)30-5/h6-8,13-14,19H,9-12H2,1-5H3. The molecule has 1 aliphatic rings. The topological polar surface area (TPSA) is 85.5 Å². The minimum atomic E-state index is -3.56. The number of methoxy groups -OCH3 is 1. The van der Waals surface area contributed by atoms with Crippen LogP contribution in [0.2, 0.25) is 0 Å². The quantitative estimate of drug-likeness (QED) is 0.561. The molecule has 1 aromatic heterocycles. The molecule has 0 bridgehead atoms. The minimum absolute atomic E-state index is 0.0611. The van der Waals surface area contributed by atoms with Crippen molar-refractivity contribution in [3.63, 3.8) is 0 Å². The van der Waals surface area contributed by atoms with Crippen molar-refractivity contribution in [1.82, 2.24) is 14.4 Å². The van der Waals surface area contributed by atoms with Gasteiger partial charge >= 0.3 is 0 Å². The normalized spacial score (nSPS) is 15.8. The zero-order valence-corrected chi connectivity index (χ0v) is 20.0. The Balaban J connectivity index is 1.51. The van der Waals surface area contributed by atoms with Gasteiger partial charge in [-0.1, -0.05) is 17.3 Å². The largest absolute Gasteiger partial charge is 0.497 e. The first-order valence-corrected chi connectivity index (χ1v) is 12.2. The van der Waals surface area contributed by atoms with E-state index in [4.69, 9.17) is 9.26 Å². The molecule has 0 spiro atoms. The maximum atomic E-state index is 13.5. The van der Waals surface area contributed by atoms with Gasteiger partial charge in [0.25, 0.3) is 5.89 Å². The minimum Gasteiger partial charge on any atom is -0.497 e. The van der Waals surface area contributed by atoms with Crippen LogP contribution in [0, 0.1) is 27.7 Å². The second-order valence-electron chi connectivity index (χ2n) is 8.46. The summed E-state index contributed by atoms with van der Waals surface area (Å²) < 4.78 is 39.3. The predicted octanol–water partition coefficient (Wildman–Crippen LogP) is 4.55. The Morgan fingerprint density at radius 2 is 1.69 bits per heavy atom. The molecule has 170 valence electrons. The highest BCUT2D eigenvalue weighted by Crippen LogP contribution is 2.34. The average molecular weight is 456 g/mol. The molecule has 0 atom stereocenters. The fourth-order valence-corrected chi connectivity index (χ4v) is 6.37. The van der Waals surface area contributed by atoms with E-state index in [1.165, 1.54) is 0 Å². The molecular weight excluding hydrogens is 426 g/mol. The number of hydrogen-bond donors (Lipinski definition) is 0. The first-order chi connectivity index (χ1) is 15.2. The summed E-state index contributed by atoms with van der Waals surface area (Å²) in [6.07, 6.45) is 1.30. The Hall–Kier alpha value is -2.71. The molecule has 2 heterocycles. The molecule has 2 aromatic carbocycles. The molecule has 0 amide bonds. The lowest BCUT2D eigenvalue weighted by Gasteiger charge is -2.31. The molecule has 0 saturated carbocycles. The maximum Gasteiger partial charge on any atom is 0.258 e. The van der Waals surface area contributed by atoms with Crippen molar-refractivity contribution in [3.05, 3.63) is 58.4 Å². The van der Waals surface area contributed by atoms with Crippen molar-refractivity contribution in [2.45, 2.75) is 51.3 Å². The molecule has 32 heavy (non-hydrogen) atoms. The molecule has 7 nitrogen and oxygen atoms in total. The van der Waals surface area contributed by atoms with Crippen LogP contribution in [0.4, 0.5) is 0 Å². The van der Waals surface area contributed by atoms with Gasteiger partial charge in [0, 0.05) is 24.6 Å². The zero-order chi connectivity index (χ0) is 23.0. The van der Waals surface area contributed by atoms with Gasteiger partial charge in [0.15, 0.2) is 5.82 Å². The number of rotatable bonds is 5. The van der Waals surface area contributed by atoms with Gasteiger partial charge in [0.2, 0.25) is 10.0 Å². The monoisotopic (exact) mass is 455 g/mol. The van der Waals surface area contributed by atoms with Crippen LogP contribution in [0.5, 0.6) is 5.75 Å². The zero-order valence-electron chi connectivity index (χ0n) is 19.2. The molecule has 8 heteroatoms. The van der Waals surface area contributed by atoms with Crippen molar-refractivity contribution in [2.24, 2.45) is 0 Å². The Morgan fingerprint density at radius 1 is 1.03 bits per heavy atom. The van der Waals surface area contributed by atoms with Gasteiger partial charge in [-0.15, -0.1) is 0 Å². The molecule has 1 fully saturated rings. The van der Waals surface area contributed by atoms with Gasteiger partial charge in [-0.05, 0) is 81.0 Å². The predicted molar refractivity (Wildman–Crippen MR) is 122 cm³/mol. The summed E-state index contributed by atoms with van der Waals surface area (Å²) in [7, 11) is -1.95. The van der Waals surface area contributed by atoms with Crippen molar-refractivity contribution in [1.29, 1.82) is 0 Å². The fraction of sp³-hybridized carbons (Fsp3) is 0.417. The molecule has 4 rings (SSSR count). The average Bonchev–Trinajstić information content (AvgIpc) is 3.28. The molecule has 1 saturated heterocycles. The molecule has 0 radical (unpaired) electrons. The lowest BCUT2D eigenvalue weighted by molar-refractivity contribution is 0.307. The Bertz CT molecular complexity index is 1220. The number of benzene rings is 2. The van der Waals surface area contributed by atoms with Gasteiger partial charge in [0.1, 0.15) is 5.75 Å². The van der Waals surface area contributed by atoms with E-state index >= 15 is 0 Å². The van der Waals surface area contributed by atoms with E-state index in [0.29, 0.717) is 42.5 Å². The van der Waals surface area contributed by atoms with Crippen molar-refractivity contribution < 1.29 is 17.7 Å². The number of aryl methyl sites for hydroxylation is 2. The van der Waals surface area contributed by atoms with E-state index in [2.05, 4.69) is 10.1 Å². The third kappa shape index (κ3) is 4.04. The Kier molecular flexibility index (Phi) is 6.09. The lowest BCUT2D eigenvalue weighted by atomic mass is 9.97. The molecule has 0 N–H and O–H groups in total. The number of ether oxygens (including phenoxy) is 1. The summed E-state index contributed by atoms with van der Waals surface area (Å²) >= 11 is 0. The number of sulfonamides is 1. The first kappa shape index (κ1) is 22.5. The number of aromatic nitrogens is 2. The molecule has 0 aliphatic carbocycles. The Labute approximate surface area is 189 Å². The number of piperidine rings is 1. The van der Waals surface area contributed by atoms with Crippen LogP contribution in [0.25, 0.3) is 11.5 Å². The molecular formula is C24H29N3O4S. The van der Waals surface area contributed by atoms with Gasteiger partial charge in [-0.2, -0.15) is 9.29 Å². The summed E-state index contributed by atoms with van der Waals surface area (Å²) in [4.78, 5) is 5.03. The van der Waals surface area contributed by atoms with Crippen molar-refractivity contribution >= 4 is 10.0 Å². The smallest absolute Gasteiger partial charge is 0.258 e.